The van der Waals surface area contributed by atoms with Crippen molar-refractivity contribution >= 4 is 33.3 Å². The van der Waals surface area contributed by atoms with Crippen LogP contribution in [0.4, 0.5) is 5.82 Å². The van der Waals surface area contributed by atoms with Gasteiger partial charge in [-0.15, -0.1) is 11.3 Å². The van der Waals surface area contributed by atoms with E-state index in [1.165, 1.54) is 41.5 Å². The second-order valence-electron chi connectivity index (χ2n) is 8.42. The molecular formula is C21H29N5OS. The Morgan fingerprint density at radius 1 is 1.14 bits per heavy atom. The Kier molecular flexibility index (Phi) is 4.97. The fourth-order valence-corrected chi connectivity index (χ4v) is 6.25. The van der Waals surface area contributed by atoms with Crippen molar-refractivity contribution in [3.05, 3.63) is 16.8 Å². The minimum Gasteiger partial charge on any atom is -0.353 e. The van der Waals surface area contributed by atoms with Crippen molar-refractivity contribution in [3.63, 3.8) is 0 Å². The zero-order chi connectivity index (χ0) is 19.1. The molecule has 3 aliphatic rings. The minimum atomic E-state index is -0.0569. The van der Waals surface area contributed by atoms with Crippen LogP contribution in [0.1, 0.15) is 49.5 Å². The molecule has 1 amide bonds. The summed E-state index contributed by atoms with van der Waals surface area (Å²) in [5, 5.41) is 4.55. The van der Waals surface area contributed by atoms with Crippen LogP contribution in [0.3, 0.4) is 0 Å². The summed E-state index contributed by atoms with van der Waals surface area (Å²) in [5.74, 6) is 1.30. The van der Waals surface area contributed by atoms with Gasteiger partial charge in [0.15, 0.2) is 0 Å². The van der Waals surface area contributed by atoms with Crippen LogP contribution in [0.5, 0.6) is 0 Å². The first-order chi connectivity index (χ1) is 13.7. The highest BCUT2D eigenvalue weighted by Gasteiger charge is 2.30. The van der Waals surface area contributed by atoms with Gasteiger partial charge in [-0.05, 0) is 44.6 Å². The zero-order valence-electron chi connectivity index (χ0n) is 16.6. The first-order valence-corrected chi connectivity index (χ1v) is 11.6. The number of piperazine rings is 1. The van der Waals surface area contributed by atoms with Gasteiger partial charge in [-0.25, -0.2) is 9.97 Å². The van der Waals surface area contributed by atoms with Crippen molar-refractivity contribution in [3.8, 4) is 0 Å². The van der Waals surface area contributed by atoms with E-state index in [0.717, 1.165) is 56.1 Å². The maximum absolute atomic E-state index is 12.6. The summed E-state index contributed by atoms with van der Waals surface area (Å²) in [6.07, 6.45) is 10.1. The van der Waals surface area contributed by atoms with Crippen LogP contribution < -0.4 is 10.2 Å². The molecule has 1 N–H and O–H groups in total. The number of rotatable bonds is 4. The summed E-state index contributed by atoms with van der Waals surface area (Å²) in [4.78, 5) is 29.2. The number of amides is 1. The Morgan fingerprint density at radius 3 is 2.71 bits per heavy atom. The number of nitrogens with zero attached hydrogens (tertiary/aromatic N) is 4. The second-order valence-corrected chi connectivity index (χ2v) is 9.51. The van der Waals surface area contributed by atoms with Crippen molar-refractivity contribution in [2.75, 3.05) is 31.1 Å². The summed E-state index contributed by atoms with van der Waals surface area (Å²) in [6.45, 7) is 5.68. The molecule has 6 nitrogen and oxygen atoms in total. The van der Waals surface area contributed by atoms with Crippen molar-refractivity contribution < 1.29 is 4.79 Å². The normalized spacial score (nSPS) is 22.0. The van der Waals surface area contributed by atoms with Crippen LogP contribution in [0.15, 0.2) is 6.33 Å². The number of carbonyl (C=O) groups is 1. The molecule has 7 heteroatoms. The predicted molar refractivity (Wildman–Crippen MR) is 113 cm³/mol. The fourth-order valence-electron chi connectivity index (χ4n) is 5.03. The standard InChI is InChI=1S/C21H29N5OS/c1-14(20(27)24-15-5-2-3-6-15)25-9-11-26(12-10-25)19-18-16-7-4-8-17(16)28-21(18)23-13-22-19/h13-15H,2-12H2,1H3,(H,24,27). The second kappa shape index (κ2) is 7.59. The molecule has 2 aromatic heterocycles. The van der Waals surface area contributed by atoms with E-state index in [9.17, 15) is 4.79 Å². The number of hydrogen-bond donors (Lipinski definition) is 1. The van der Waals surface area contributed by atoms with Gasteiger partial charge in [0.05, 0.1) is 11.4 Å². The molecule has 0 aromatic carbocycles. The molecule has 3 heterocycles. The Morgan fingerprint density at radius 2 is 1.93 bits per heavy atom. The van der Waals surface area contributed by atoms with Crippen LogP contribution >= 0.6 is 11.3 Å². The van der Waals surface area contributed by atoms with Crippen LogP contribution in [-0.4, -0.2) is 59.0 Å². The van der Waals surface area contributed by atoms with E-state index in [4.69, 9.17) is 0 Å². The summed E-state index contributed by atoms with van der Waals surface area (Å²) in [5.41, 5.74) is 1.49. The van der Waals surface area contributed by atoms with Crippen LogP contribution in [-0.2, 0) is 17.6 Å². The SMILES string of the molecule is CC(C(=O)NC1CCCC1)N1CCN(c2ncnc3sc4c(c23)CCC4)CC1. The molecule has 5 rings (SSSR count). The number of anilines is 1. The quantitative estimate of drug-likeness (QED) is 0.857. The lowest BCUT2D eigenvalue weighted by Gasteiger charge is -2.38. The minimum absolute atomic E-state index is 0.0569. The maximum Gasteiger partial charge on any atom is 0.237 e. The van der Waals surface area contributed by atoms with Gasteiger partial charge in [-0.2, -0.15) is 0 Å². The van der Waals surface area contributed by atoms with E-state index in [0.29, 0.717) is 6.04 Å². The lowest BCUT2D eigenvalue weighted by Crippen LogP contribution is -2.55. The van der Waals surface area contributed by atoms with Crippen molar-refractivity contribution in [1.29, 1.82) is 0 Å². The Balaban J connectivity index is 1.26. The van der Waals surface area contributed by atoms with E-state index >= 15 is 0 Å². The van der Waals surface area contributed by atoms with Gasteiger partial charge in [-0.1, -0.05) is 12.8 Å². The zero-order valence-corrected chi connectivity index (χ0v) is 17.4. The molecule has 0 spiro atoms. The molecule has 1 aliphatic heterocycles. The fraction of sp³-hybridized carbons (Fsp3) is 0.667. The predicted octanol–water partition coefficient (Wildman–Crippen LogP) is 2.75. The van der Waals surface area contributed by atoms with E-state index < -0.39 is 0 Å². The number of aryl methyl sites for hydroxylation is 2. The number of carbonyl (C=O) groups excluding carboxylic acids is 1. The van der Waals surface area contributed by atoms with E-state index in [2.05, 4.69) is 32.0 Å². The lowest BCUT2D eigenvalue weighted by atomic mass is 10.1. The third kappa shape index (κ3) is 3.28. The largest absolute Gasteiger partial charge is 0.353 e. The average Bonchev–Trinajstić information content (AvgIpc) is 3.44. The maximum atomic E-state index is 12.6. The highest BCUT2D eigenvalue weighted by atomic mass is 32.1. The van der Waals surface area contributed by atoms with Crippen LogP contribution in [0, 0.1) is 0 Å². The van der Waals surface area contributed by atoms with Gasteiger partial charge in [0.1, 0.15) is 17.0 Å². The molecule has 28 heavy (non-hydrogen) atoms. The number of hydrogen-bond acceptors (Lipinski definition) is 6. The molecule has 150 valence electrons. The molecule has 2 aliphatic carbocycles. The highest BCUT2D eigenvalue weighted by Crippen LogP contribution is 2.40. The monoisotopic (exact) mass is 399 g/mol. The molecule has 2 fully saturated rings. The van der Waals surface area contributed by atoms with E-state index in [-0.39, 0.29) is 11.9 Å². The van der Waals surface area contributed by atoms with Gasteiger partial charge in [0, 0.05) is 37.1 Å². The Bertz CT molecular complexity index is 867. The molecular weight excluding hydrogens is 370 g/mol. The Hall–Kier alpha value is -1.73. The summed E-state index contributed by atoms with van der Waals surface area (Å²) in [7, 11) is 0. The third-order valence-corrected chi connectivity index (χ3v) is 7.92. The molecule has 1 saturated carbocycles. The molecule has 0 bridgehead atoms. The first-order valence-electron chi connectivity index (χ1n) is 10.8. The third-order valence-electron chi connectivity index (χ3n) is 6.72. The topological polar surface area (TPSA) is 61.4 Å². The van der Waals surface area contributed by atoms with Crippen molar-refractivity contribution in [2.45, 2.75) is 64.0 Å². The van der Waals surface area contributed by atoms with Crippen molar-refractivity contribution in [2.24, 2.45) is 0 Å². The van der Waals surface area contributed by atoms with Gasteiger partial charge in [-0.3, -0.25) is 9.69 Å². The lowest BCUT2D eigenvalue weighted by molar-refractivity contribution is -0.126. The number of aromatic nitrogens is 2. The highest BCUT2D eigenvalue weighted by molar-refractivity contribution is 7.19. The first kappa shape index (κ1) is 18.3. The summed E-state index contributed by atoms with van der Waals surface area (Å²) < 4.78 is 0. The van der Waals surface area contributed by atoms with E-state index in [1.54, 1.807) is 6.33 Å². The average molecular weight is 400 g/mol. The summed E-state index contributed by atoms with van der Waals surface area (Å²) >= 11 is 1.85. The Labute approximate surface area is 170 Å². The molecule has 0 radical (unpaired) electrons. The van der Waals surface area contributed by atoms with E-state index in [1.807, 2.05) is 11.3 Å². The van der Waals surface area contributed by atoms with Gasteiger partial charge >= 0.3 is 0 Å². The molecule has 1 unspecified atom stereocenters. The number of fused-ring (bicyclic) bond motifs is 3. The summed E-state index contributed by atoms with van der Waals surface area (Å²) in [6, 6.07) is 0.338. The van der Waals surface area contributed by atoms with Crippen LogP contribution in [0.25, 0.3) is 10.2 Å². The molecule has 1 atom stereocenters. The smallest absolute Gasteiger partial charge is 0.237 e. The number of nitrogens with one attached hydrogen (secondary N) is 1. The van der Waals surface area contributed by atoms with Gasteiger partial charge in [0.2, 0.25) is 5.91 Å². The van der Waals surface area contributed by atoms with Gasteiger partial charge in [0.25, 0.3) is 0 Å². The van der Waals surface area contributed by atoms with Crippen LogP contribution in [0.2, 0.25) is 0 Å². The number of thiophene rings is 1. The van der Waals surface area contributed by atoms with Gasteiger partial charge < -0.3 is 10.2 Å². The molecule has 1 saturated heterocycles. The molecule has 2 aromatic rings. The van der Waals surface area contributed by atoms with Crippen molar-refractivity contribution in [1.82, 2.24) is 20.2 Å².